The molecule has 0 aromatic heterocycles. The maximum absolute atomic E-state index is 5.53. The zero-order valence-electron chi connectivity index (χ0n) is 6.81. The topological polar surface area (TPSA) is 63.0 Å². The van der Waals surface area contributed by atoms with E-state index < -0.39 is 0 Å². The third-order valence-electron chi connectivity index (χ3n) is 1.53. The number of hydrogen-bond donors (Lipinski definition) is 0. The van der Waals surface area contributed by atoms with Gasteiger partial charge in [-0.25, -0.2) is 0 Å². The maximum Gasteiger partial charge on any atom is 0.113 e. The average Bonchev–Trinajstić information content (AvgIpc) is 1.80. The van der Waals surface area contributed by atoms with E-state index in [1.165, 1.54) is 11.1 Å². The zero-order chi connectivity index (χ0) is 6.85. The lowest BCUT2D eigenvalue weighted by molar-refractivity contribution is 0.823. The van der Waals surface area contributed by atoms with Crippen molar-refractivity contribution in [1.82, 2.24) is 0 Å². The second-order valence-electron chi connectivity index (χ2n) is 2.34. The van der Waals surface area contributed by atoms with Crippen LogP contribution in [0.3, 0.4) is 0 Å². The molecule has 3 heteroatoms. The van der Waals surface area contributed by atoms with Crippen LogP contribution < -0.4 is 5.46 Å². The highest BCUT2D eigenvalue weighted by atomic mass is 16.0. The summed E-state index contributed by atoms with van der Waals surface area (Å²) < 4.78 is 0. The standard InChI is InChI=1S/C8H9B.2H2O/c1-6-3-4-8(9)5-7(6)2;;/h3-5H,1-2H3;2*1H2. The Morgan fingerprint density at radius 3 is 1.91 bits per heavy atom. The maximum atomic E-state index is 5.53. The van der Waals surface area contributed by atoms with Crippen LogP contribution in [0.2, 0.25) is 0 Å². The van der Waals surface area contributed by atoms with Gasteiger partial charge in [0.1, 0.15) is 7.85 Å². The van der Waals surface area contributed by atoms with Gasteiger partial charge in [-0.15, -0.1) is 0 Å². The van der Waals surface area contributed by atoms with E-state index in [1.807, 2.05) is 18.2 Å². The van der Waals surface area contributed by atoms with Gasteiger partial charge >= 0.3 is 0 Å². The van der Waals surface area contributed by atoms with Crippen LogP contribution in [0.25, 0.3) is 0 Å². The molecule has 11 heavy (non-hydrogen) atoms. The average molecular weight is 152 g/mol. The summed E-state index contributed by atoms with van der Waals surface area (Å²) in [6.07, 6.45) is 0. The van der Waals surface area contributed by atoms with Gasteiger partial charge in [-0.3, -0.25) is 0 Å². The molecule has 0 aliphatic rings. The van der Waals surface area contributed by atoms with Gasteiger partial charge in [0.2, 0.25) is 0 Å². The molecule has 0 saturated heterocycles. The monoisotopic (exact) mass is 152 g/mol. The number of rotatable bonds is 0. The van der Waals surface area contributed by atoms with Crippen LogP contribution in [0.1, 0.15) is 11.1 Å². The van der Waals surface area contributed by atoms with Gasteiger partial charge in [-0.05, 0) is 25.0 Å². The summed E-state index contributed by atoms with van der Waals surface area (Å²) in [6.45, 7) is 4.14. The first-order chi connectivity index (χ1) is 4.20. The molecule has 0 atom stereocenters. The lowest BCUT2D eigenvalue weighted by Crippen LogP contribution is -2.01. The molecule has 0 amide bonds. The first-order valence-corrected chi connectivity index (χ1v) is 3.03. The molecule has 0 unspecified atom stereocenters. The quantitative estimate of drug-likeness (QED) is 0.447. The minimum atomic E-state index is 0. The van der Waals surface area contributed by atoms with Crippen molar-refractivity contribution in [3.05, 3.63) is 29.3 Å². The Labute approximate surface area is 68.3 Å². The van der Waals surface area contributed by atoms with E-state index in [9.17, 15) is 0 Å². The van der Waals surface area contributed by atoms with Gasteiger partial charge in [-0.1, -0.05) is 23.7 Å². The third-order valence-corrected chi connectivity index (χ3v) is 1.53. The van der Waals surface area contributed by atoms with Crippen molar-refractivity contribution in [1.29, 1.82) is 0 Å². The second-order valence-corrected chi connectivity index (χ2v) is 2.34. The van der Waals surface area contributed by atoms with Gasteiger partial charge in [-0.2, -0.15) is 0 Å². The molecule has 1 rings (SSSR count). The number of hydrogen-bond acceptors (Lipinski definition) is 0. The summed E-state index contributed by atoms with van der Waals surface area (Å²) in [6, 6.07) is 5.93. The molecule has 0 saturated carbocycles. The smallest absolute Gasteiger partial charge is 0.113 e. The molecule has 0 heterocycles. The number of aryl methyl sites for hydroxylation is 2. The van der Waals surface area contributed by atoms with E-state index in [0.717, 1.165) is 5.46 Å². The predicted octanol–water partition coefficient (Wildman–Crippen LogP) is -0.552. The molecular weight excluding hydrogens is 139 g/mol. The Hall–Kier alpha value is -0.795. The normalized spacial score (nSPS) is 7.82. The third kappa shape index (κ3) is 3.21. The molecule has 2 nitrogen and oxygen atoms in total. The van der Waals surface area contributed by atoms with Crippen molar-refractivity contribution < 1.29 is 11.0 Å². The van der Waals surface area contributed by atoms with Crippen molar-refractivity contribution in [2.45, 2.75) is 13.8 Å². The molecule has 4 N–H and O–H groups in total. The first kappa shape index (κ1) is 12.8. The van der Waals surface area contributed by atoms with Crippen molar-refractivity contribution in [3.63, 3.8) is 0 Å². The van der Waals surface area contributed by atoms with Crippen LogP contribution in [-0.2, 0) is 0 Å². The summed E-state index contributed by atoms with van der Waals surface area (Å²) in [5, 5.41) is 0. The van der Waals surface area contributed by atoms with E-state index in [4.69, 9.17) is 7.85 Å². The van der Waals surface area contributed by atoms with Gasteiger partial charge in [0, 0.05) is 0 Å². The Balaban J connectivity index is 0. The fourth-order valence-corrected chi connectivity index (χ4v) is 0.765. The lowest BCUT2D eigenvalue weighted by atomic mass is 9.93. The molecule has 0 fully saturated rings. The van der Waals surface area contributed by atoms with Crippen molar-refractivity contribution in [2.75, 3.05) is 0 Å². The fourth-order valence-electron chi connectivity index (χ4n) is 0.765. The van der Waals surface area contributed by atoms with Crippen molar-refractivity contribution in [2.24, 2.45) is 0 Å². The minimum Gasteiger partial charge on any atom is -0.412 e. The summed E-state index contributed by atoms with van der Waals surface area (Å²) in [5.74, 6) is 0. The summed E-state index contributed by atoms with van der Waals surface area (Å²) in [5.41, 5.74) is 3.40. The Morgan fingerprint density at radius 1 is 1.00 bits per heavy atom. The van der Waals surface area contributed by atoms with E-state index in [2.05, 4.69) is 13.8 Å². The van der Waals surface area contributed by atoms with Crippen LogP contribution >= 0.6 is 0 Å². The van der Waals surface area contributed by atoms with E-state index in [-0.39, 0.29) is 11.0 Å². The Morgan fingerprint density at radius 2 is 1.55 bits per heavy atom. The molecule has 60 valence electrons. The summed E-state index contributed by atoms with van der Waals surface area (Å²) in [7, 11) is 5.53. The highest BCUT2D eigenvalue weighted by molar-refractivity contribution is 6.32. The number of benzene rings is 1. The molecular formula is C8H13BO2. The lowest BCUT2D eigenvalue weighted by Gasteiger charge is -1.98. The second kappa shape index (κ2) is 4.94. The minimum absolute atomic E-state index is 0. The van der Waals surface area contributed by atoms with E-state index in [1.54, 1.807) is 0 Å². The highest BCUT2D eigenvalue weighted by Gasteiger charge is 1.88. The molecule has 0 aliphatic carbocycles. The summed E-state index contributed by atoms with van der Waals surface area (Å²) in [4.78, 5) is 0. The van der Waals surface area contributed by atoms with Crippen LogP contribution in [-0.4, -0.2) is 18.8 Å². The molecule has 2 radical (unpaired) electrons. The van der Waals surface area contributed by atoms with Crippen LogP contribution in [0.4, 0.5) is 0 Å². The largest absolute Gasteiger partial charge is 0.412 e. The van der Waals surface area contributed by atoms with Gasteiger partial charge in [0.25, 0.3) is 0 Å². The molecule has 1 aromatic rings. The molecule has 1 aromatic carbocycles. The SMILES string of the molecule is O.O.[B]c1ccc(C)c(C)c1. The van der Waals surface area contributed by atoms with Crippen LogP contribution in [0, 0.1) is 13.8 Å². The first-order valence-electron chi connectivity index (χ1n) is 3.03. The fraction of sp³-hybridized carbons (Fsp3) is 0.250. The summed E-state index contributed by atoms with van der Waals surface area (Å²) >= 11 is 0. The van der Waals surface area contributed by atoms with Gasteiger partial charge < -0.3 is 11.0 Å². The van der Waals surface area contributed by atoms with E-state index >= 15 is 0 Å². The molecule has 0 spiro atoms. The zero-order valence-corrected chi connectivity index (χ0v) is 6.81. The Kier molecular flexibility index (Phi) is 5.76. The predicted molar refractivity (Wildman–Crippen MR) is 48.5 cm³/mol. The molecule has 0 bridgehead atoms. The van der Waals surface area contributed by atoms with Crippen molar-refractivity contribution >= 4 is 13.3 Å². The van der Waals surface area contributed by atoms with Crippen LogP contribution in [0.15, 0.2) is 18.2 Å². The van der Waals surface area contributed by atoms with Crippen molar-refractivity contribution in [3.8, 4) is 0 Å². The highest BCUT2D eigenvalue weighted by Crippen LogP contribution is 2.01. The molecule has 0 aliphatic heterocycles. The van der Waals surface area contributed by atoms with Crippen LogP contribution in [0.5, 0.6) is 0 Å². The Bertz CT molecular complexity index is 223. The van der Waals surface area contributed by atoms with Gasteiger partial charge in [0.15, 0.2) is 0 Å². The van der Waals surface area contributed by atoms with E-state index in [0.29, 0.717) is 0 Å². The van der Waals surface area contributed by atoms with Gasteiger partial charge in [0.05, 0.1) is 0 Å².